The molecule has 1 amide bonds. The Morgan fingerprint density at radius 2 is 2.15 bits per heavy atom. The van der Waals surface area contributed by atoms with Gasteiger partial charge in [-0.25, -0.2) is 0 Å². The molecule has 0 saturated heterocycles. The van der Waals surface area contributed by atoms with Gasteiger partial charge in [0.15, 0.2) is 0 Å². The van der Waals surface area contributed by atoms with E-state index in [1.807, 2.05) is 24.3 Å². The smallest absolute Gasteiger partial charge is 0.228 e. The molecule has 1 saturated carbocycles. The molecule has 1 aliphatic heterocycles. The van der Waals surface area contributed by atoms with Crippen molar-refractivity contribution in [2.45, 2.75) is 37.6 Å². The number of hydrogen-bond donors (Lipinski definition) is 1. The van der Waals surface area contributed by atoms with Crippen molar-refractivity contribution >= 4 is 17.5 Å². The predicted molar refractivity (Wildman–Crippen MR) is 79.3 cm³/mol. The number of hydrogen-bond acceptors (Lipinski definition) is 2. The van der Waals surface area contributed by atoms with E-state index in [9.17, 15) is 4.79 Å². The Morgan fingerprint density at radius 3 is 3.00 bits per heavy atom. The van der Waals surface area contributed by atoms with Crippen LogP contribution in [0.25, 0.3) is 0 Å². The highest BCUT2D eigenvalue weighted by Gasteiger charge is 2.32. The molecule has 2 aliphatic rings. The van der Waals surface area contributed by atoms with Gasteiger partial charge < -0.3 is 10.1 Å². The van der Waals surface area contributed by atoms with Crippen LogP contribution in [-0.4, -0.2) is 24.4 Å². The third-order valence-electron chi connectivity index (χ3n) is 4.46. The van der Waals surface area contributed by atoms with Crippen LogP contribution in [0.2, 0.25) is 0 Å². The number of fused-ring (bicyclic) bond motifs is 1. The number of nitrogens with one attached hydrogen (secondary N) is 1. The molecule has 108 valence electrons. The minimum absolute atomic E-state index is 0.0866. The van der Waals surface area contributed by atoms with Crippen LogP contribution in [0.3, 0.4) is 0 Å². The zero-order chi connectivity index (χ0) is 13.9. The molecule has 1 N–H and O–H groups in total. The van der Waals surface area contributed by atoms with Gasteiger partial charge in [-0.1, -0.05) is 24.6 Å². The minimum atomic E-state index is -0.0866. The van der Waals surface area contributed by atoms with E-state index in [1.54, 1.807) is 0 Å². The summed E-state index contributed by atoms with van der Waals surface area (Å²) in [6.07, 6.45) is 4.08. The van der Waals surface area contributed by atoms with Crippen LogP contribution in [0.5, 0.6) is 5.75 Å². The van der Waals surface area contributed by atoms with Crippen LogP contribution in [-0.2, 0) is 4.79 Å². The van der Waals surface area contributed by atoms with E-state index in [0.717, 1.165) is 37.0 Å². The Morgan fingerprint density at radius 1 is 1.30 bits per heavy atom. The average molecular weight is 294 g/mol. The van der Waals surface area contributed by atoms with Crippen molar-refractivity contribution in [2.24, 2.45) is 5.92 Å². The summed E-state index contributed by atoms with van der Waals surface area (Å²) < 4.78 is 5.62. The number of alkyl halides is 1. The van der Waals surface area contributed by atoms with Crippen molar-refractivity contribution in [3.05, 3.63) is 29.8 Å². The summed E-state index contributed by atoms with van der Waals surface area (Å²) in [7, 11) is 0. The first-order valence-electron chi connectivity index (χ1n) is 7.37. The zero-order valence-electron chi connectivity index (χ0n) is 11.5. The maximum atomic E-state index is 12.6. The number of rotatable bonds is 3. The first kappa shape index (κ1) is 13.7. The molecule has 1 fully saturated rings. The lowest BCUT2D eigenvalue weighted by atomic mass is 9.91. The van der Waals surface area contributed by atoms with E-state index >= 15 is 0 Å². The average Bonchev–Trinajstić information content (AvgIpc) is 2.93. The van der Waals surface area contributed by atoms with Gasteiger partial charge >= 0.3 is 0 Å². The maximum absolute atomic E-state index is 12.6. The van der Waals surface area contributed by atoms with E-state index in [4.69, 9.17) is 16.3 Å². The molecule has 0 spiro atoms. The Bertz CT molecular complexity index is 491. The summed E-state index contributed by atoms with van der Waals surface area (Å²) in [6, 6.07) is 8.08. The summed E-state index contributed by atoms with van der Waals surface area (Å²) in [6.45, 7) is 0.610. The Balaban J connectivity index is 1.72. The van der Waals surface area contributed by atoms with Crippen molar-refractivity contribution in [3.8, 4) is 5.75 Å². The number of ether oxygens (including phenoxy) is 1. The van der Waals surface area contributed by atoms with E-state index in [1.165, 1.54) is 0 Å². The fourth-order valence-electron chi connectivity index (χ4n) is 3.31. The molecule has 1 heterocycles. The topological polar surface area (TPSA) is 38.3 Å². The van der Waals surface area contributed by atoms with Crippen molar-refractivity contribution < 1.29 is 9.53 Å². The number of benzene rings is 1. The Kier molecular flexibility index (Phi) is 4.16. The van der Waals surface area contributed by atoms with E-state index in [0.29, 0.717) is 18.4 Å². The number of halogens is 1. The second-order valence-electron chi connectivity index (χ2n) is 5.69. The van der Waals surface area contributed by atoms with Crippen molar-refractivity contribution in [3.63, 3.8) is 0 Å². The highest BCUT2D eigenvalue weighted by Crippen LogP contribution is 2.34. The molecule has 0 radical (unpaired) electrons. The van der Waals surface area contributed by atoms with Gasteiger partial charge in [-0.05, 0) is 31.2 Å². The van der Waals surface area contributed by atoms with E-state index in [-0.39, 0.29) is 17.9 Å². The monoisotopic (exact) mass is 293 g/mol. The lowest BCUT2D eigenvalue weighted by molar-refractivity contribution is -0.124. The van der Waals surface area contributed by atoms with Gasteiger partial charge in [-0.3, -0.25) is 4.79 Å². The normalized spacial score (nSPS) is 28.6. The summed E-state index contributed by atoms with van der Waals surface area (Å²) in [5.41, 5.74) is 1.01. The lowest BCUT2D eigenvalue weighted by Crippen LogP contribution is -2.41. The molecule has 1 aliphatic carbocycles. The van der Waals surface area contributed by atoms with E-state index in [2.05, 4.69) is 5.32 Å². The van der Waals surface area contributed by atoms with Crippen LogP contribution in [0.15, 0.2) is 24.3 Å². The number of carbonyl (C=O) groups is 1. The number of carbonyl (C=O) groups excluding carboxylic acids is 1. The second-order valence-corrected chi connectivity index (χ2v) is 6.00. The zero-order valence-corrected chi connectivity index (χ0v) is 12.2. The Labute approximate surface area is 124 Å². The molecule has 1 aromatic carbocycles. The van der Waals surface area contributed by atoms with Crippen LogP contribution in [0, 0.1) is 5.92 Å². The van der Waals surface area contributed by atoms with E-state index < -0.39 is 0 Å². The molecule has 3 atom stereocenters. The minimum Gasteiger partial charge on any atom is -0.493 e. The van der Waals surface area contributed by atoms with Crippen LogP contribution in [0.1, 0.15) is 37.2 Å². The fraction of sp³-hybridized carbons (Fsp3) is 0.562. The summed E-state index contributed by atoms with van der Waals surface area (Å²) >= 11 is 5.98. The Hall–Kier alpha value is -1.22. The summed E-state index contributed by atoms with van der Waals surface area (Å²) in [5, 5.41) is 3.21. The van der Waals surface area contributed by atoms with Gasteiger partial charge in [0.25, 0.3) is 0 Å². The SMILES string of the molecule is O=C(NC1CCCC1CCl)C1CCOc2ccccc21. The quantitative estimate of drug-likeness (QED) is 0.870. The molecule has 0 aromatic heterocycles. The molecular weight excluding hydrogens is 274 g/mol. The van der Waals surface area contributed by atoms with Gasteiger partial charge in [-0.2, -0.15) is 0 Å². The highest BCUT2D eigenvalue weighted by molar-refractivity contribution is 6.18. The molecule has 0 bridgehead atoms. The third kappa shape index (κ3) is 2.64. The van der Waals surface area contributed by atoms with Crippen LogP contribution in [0.4, 0.5) is 0 Å². The number of amides is 1. The molecule has 1 aromatic rings. The number of para-hydroxylation sites is 1. The largest absolute Gasteiger partial charge is 0.493 e. The van der Waals surface area contributed by atoms with Gasteiger partial charge in [0, 0.05) is 17.5 Å². The van der Waals surface area contributed by atoms with Crippen molar-refractivity contribution in [1.29, 1.82) is 0 Å². The van der Waals surface area contributed by atoms with Gasteiger partial charge in [0.05, 0.1) is 12.5 Å². The molecule has 3 unspecified atom stereocenters. The second kappa shape index (κ2) is 6.04. The van der Waals surface area contributed by atoms with Crippen LogP contribution < -0.4 is 10.1 Å². The van der Waals surface area contributed by atoms with Gasteiger partial charge in [0.1, 0.15) is 5.75 Å². The van der Waals surface area contributed by atoms with Gasteiger partial charge in [0.2, 0.25) is 5.91 Å². The molecule has 20 heavy (non-hydrogen) atoms. The van der Waals surface area contributed by atoms with Crippen LogP contribution >= 0.6 is 11.6 Å². The summed E-state index contributed by atoms with van der Waals surface area (Å²) in [5.74, 6) is 1.95. The predicted octanol–water partition coefficient (Wildman–Crippen LogP) is 3.08. The first-order valence-corrected chi connectivity index (χ1v) is 7.91. The summed E-state index contributed by atoms with van der Waals surface area (Å²) in [4.78, 5) is 12.6. The molecule has 3 nitrogen and oxygen atoms in total. The molecule has 4 heteroatoms. The fourth-order valence-corrected chi connectivity index (χ4v) is 3.68. The first-order chi connectivity index (χ1) is 9.79. The third-order valence-corrected chi connectivity index (χ3v) is 4.86. The maximum Gasteiger partial charge on any atom is 0.228 e. The van der Waals surface area contributed by atoms with Gasteiger partial charge in [-0.15, -0.1) is 11.6 Å². The van der Waals surface area contributed by atoms with Crippen molar-refractivity contribution in [2.75, 3.05) is 12.5 Å². The van der Waals surface area contributed by atoms with Crippen molar-refractivity contribution in [1.82, 2.24) is 5.32 Å². The molecular formula is C16H20ClNO2. The molecule has 3 rings (SSSR count). The highest BCUT2D eigenvalue weighted by atomic mass is 35.5. The standard InChI is InChI=1S/C16H20ClNO2/c17-10-11-4-3-6-14(11)18-16(19)13-8-9-20-15-7-2-1-5-12(13)15/h1-2,5,7,11,13-14H,3-4,6,8-10H2,(H,18,19). The lowest BCUT2D eigenvalue weighted by Gasteiger charge is -2.27.